The molecule has 1 aliphatic rings. The number of hydrogen-bond acceptors (Lipinski definition) is 3. The molecule has 1 heterocycles. The van der Waals surface area contributed by atoms with Crippen molar-refractivity contribution in [3.05, 3.63) is 34.7 Å². The van der Waals surface area contributed by atoms with Gasteiger partial charge < -0.3 is 10.1 Å². The average molecular weight is 303 g/mol. The van der Waals surface area contributed by atoms with Crippen LogP contribution in [0.3, 0.4) is 0 Å². The van der Waals surface area contributed by atoms with Crippen LogP contribution < -0.4 is 5.32 Å². The van der Waals surface area contributed by atoms with Gasteiger partial charge in [-0.05, 0) is 43.7 Å². The third-order valence-electron chi connectivity index (χ3n) is 4.48. The topological polar surface area (TPSA) is 21.3 Å². The zero-order chi connectivity index (χ0) is 14.7. The monoisotopic (exact) mass is 303 g/mol. The van der Waals surface area contributed by atoms with Crippen LogP contribution in [0.5, 0.6) is 0 Å². The van der Waals surface area contributed by atoms with Crippen LogP contribution >= 0.6 is 11.3 Å². The van der Waals surface area contributed by atoms with Crippen molar-refractivity contribution in [2.75, 3.05) is 13.2 Å². The molecule has 1 atom stereocenters. The molecular weight excluding hydrogens is 278 g/mol. The maximum atomic E-state index is 5.92. The number of thiophene rings is 1. The Hall–Kier alpha value is -0.900. The van der Waals surface area contributed by atoms with Gasteiger partial charge in [0.15, 0.2) is 0 Å². The van der Waals surface area contributed by atoms with Gasteiger partial charge >= 0.3 is 0 Å². The van der Waals surface area contributed by atoms with E-state index in [1.807, 2.05) is 11.3 Å². The molecule has 1 aromatic heterocycles. The Morgan fingerprint density at radius 3 is 2.81 bits per heavy atom. The Kier molecular flexibility index (Phi) is 4.94. The molecule has 0 bridgehead atoms. The average Bonchev–Trinajstić information content (AvgIpc) is 3.12. The second kappa shape index (κ2) is 6.91. The molecule has 2 nitrogen and oxygen atoms in total. The van der Waals surface area contributed by atoms with E-state index >= 15 is 0 Å². The summed E-state index contributed by atoms with van der Waals surface area (Å²) in [6.45, 7) is 6.26. The summed E-state index contributed by atoms with van der Waals surface area (Å²) < 4.78 is 7.31. The van der Waals surface area contributed by atoms with Crippen LogP contribution in [-0.4, -0.2) is 19.3 Å². The van der Waals surface area contributed by atoms with Gasteiger partial charge in [0, 0.05) is 22.2 Å². The highest BCUT2D eigenvalue weighted by molar-refractivity contribution is 7.19. The highest BCUT2D eigenvalue weighted by Gasteiger charge is 2.16. The first-order valence-electron chi connectivity index (χ1n) is 8.08. The summed E-state index contributed by atoms with van der Waals surface area (Å²) in [5.41, 5.74) is 1.42. The maximum absolute atomic E-state index is 5.92. The van der Waals surface area contributed by atoms with Gasteiger partial charge in [-0.1, -0.05) is 31.0 Å². The first kappa shape index (κ1) is 15.0. The van der Waals surface area contributed by atoms with Crippen LogP contribution in [0.15, 0.2) is 24.3 Å². The third-order valence-corrected chi connectivity index (χ3v) is 5.94. The summed E-state index contributed by atoms with van der Waals surface area (Å²) in [4.78, 5) is 1.46. The largest absolute Gasteiger partial charge is 0.377 e. The van der Waals surface area contributed by atoms with E-state index in [4.69, 9.17) is 4.74 Å². The molecule has 1 aliphatic carbocycles. The summed E-state index contributed by atoms with van der Waals surface area (Å²) in [5, 5.41) is 5.01. The molecule has 0 amide bonds. The van der Waals surface area contributed by atoms with Gasteiger partial charge in [-0.3, -0.25) is 0 Å². The van der Waals surface area contributed by atoms with Gasteiger partial charge in [0.2, 0.25) is 0 Å². The van der Waals surface area contributed by atoms with Crippen molar-refractivity contribution < 1.29 is 4.74 Å². The number of rotatable bonds is 6. The van der Waals surface area contributed by atoms with Gasteiger partial charge in [-0.15, -0.1) is 11.3 Å². The van der Waals surface area contributed by atoms with E-state index in [0.717, 1.165) is 13.2 Å². The Morgan fingerprint density at radius 1 is 1.29 bits per heavy atom. The van der Waals surface area contributed by atoms with Crippen LogP contribution in [0, 0.1) is 6.92 Å². The summed E-state index contributed by atoms with van der Waals surface area (Å²) >= 11 is 1.91. The fourth-order valence-corrected chi connectivity index (χ4v) is 4.49. The highest BCUT2D eigenvalue weighted by Crippen LogP contribution is 2.34. The molecule has 114 valence electrons. The van der Waals surface area contributed by atoms with Gasteiger partial charge in [-0.25, -0.2) is 0 Å². The van der Waals surface area contributed by atoms with Crippen LogP contribution in [-0.2, 0) is 4.74 Å². The van der Waals surface area contributed by atoms with Gasteiger partial charge in [0.25, 0.3) is 0 Å². The van der Waals surface area contributed by atoms with Crippen molar-refractivity contribution in [1.29, 1.82) is 0 Å². The summed E-state index contributed by atoms with van der Waals surface area (Å²) in [5.74, 6) is 0. The SMILES string of the molecule is Cc1c(C(C)NCCOC2CCCC2)sc2ccccc12. The minimum atomic E-state index is 0.398. The van der Waals surface area contributed by atoms with Crippen LogP contribution in [0.2, 0.25) is 0 Å². The van der Waals surface area contributed by atoms with E-state index in [1.165, 1.54) is 46.2 Å². The maximum Gasteiger partial charge on any atom is 0.0594 e. The lowest BCUT2D eigenvalue weighted by Crippen LogP contribution is -2.24. The zero-order valence-corrected chi connectivity index (χ0v) is 13.8. The minimum absolute atomic E-state index is 0.398. The van der Waals surface area contributed by atoms with Gasteiger partial charge in [0.05, 0.1) is 12.7 Å². The van der Waals surface area contributed by atoms with Crippen LogP contribution in [0.1, 0.15) is 49.1 Å². The lowest BCUT2D eigenvalue weighted by atomic mass is 10.1. The third kappa shape index (κ3) is 3.47. The lowest BCUT2D eigenvalue weighted by molar-refractivity contribution is 0.0594. The van der Waals surface area contributed by atoms with Crippen LogP contribution in [0.4, 0.5) is 0 Å². The number of hydrogen-bond donors (Lipinski definition) is 1. The number of ether oxygens (including phenoxy) is 1. The van der Waals surface area contributed by atoms with E-state index in [1.54, 1.807) is 0 Å². The van der Waals surface area contributed by atoms with E-state index < -0.39 is 0 Å². The number of fused-ring (bicyclic) bond motifs is 1. The lowest BCUT2D eigenvalue weighted by Gasteiger charge is -2.15. The van der Waals surface area contributed by atoms with Crippen LogP contribution in [0.25, 0.3) is 10.1 Å². The smallest absolute Gasteiger partial charge is 0.0594 e. The van der Waals surface area contributed by atoms with Crippen molar-refractivity contribution >= 4 is 21.4 Å². The van der Waals surface area contributed by atoms with Crippen molar-refractivity contribution in [1.82, 2.24) is 5.32 Å². The second-order valence-electron chi connectivity index (χ2n) is 6.04. The molecule has 0 radical (unpaired) electrons. The van der Waals surface area contributed by atoms with E-state index in [0.29, 0.717) is 12.1 Å². The Labute approximate surface area is 131 Å². The standard InChI is InChI=1S/C18H25NOS/c1-13-16-9-5-6-10-17(16)21-18(13)14(2)19-11-12-20-15-7-3-4-8-15/h5-6,9-10,14-15,19H,3-4,7-8,11-12H2,1-2H3. The molecule has 3 heteroatoms. The predicted octanol–water partition coefficient (Wildman–Crippen LogP) is 4.82. The Balaban J connectivity index is 1.54. The first-order chi connectivity index (χ1) is 10.3. The molecular formula is C18H25NOS. The molecule has 0 aliphatic heterocycles. The first-order valence-corrected chi connectivity index (χ1v) is 8.90. The molecule has 1 fully saturated rings. The van der Waals surface area contributed by atoms with E-state index in [2.05, 4.69) is 43.4 Å². The number of benzene rings is 1. The Bertz CT molecular complexity index is 586. The van der Waals surface area contributed by atoms with E-state index in [9.17, 15) is 0 Å². The van der Waals surface area contributed by atoms with E-state index in [-0.39, 0.29) is 0 Å². The molecule has 1 saturated carbocycles. The second-order valence-corrected chi connectivity index (χ2v) is 7.12. The fraction of sp³-hybridized carbons (Fsp3) is 0.556. The summed E-state index contributed by atoms with van der Waals surface area (Å²) in [6.07, 6.45) is 5.72. The number of aryl methyl sites for hydroxylation is 1. The molecule has 3 rings (SSSR count). The Morgan fingerprint density at radius 2 is 2.05 bits per heavy atom. The minimum Gasteiger partial charge on any atom is -0.377 e. The molecule has 1 unspecified atom stereocenters. The molecule has 0 saturated heterocycles. The molecule has 1 N–H and O–H groups in total. The zero-order valence-electron chi connectivity index (χ0n) is 13.0. The van der Waals surface area contributed by atoms with Gasteiger partial charge in [-0.2, -0.15) is 0 Å². The predicted molar refractivity (Wildman–Crippen MR) is 91.2 cm³/mol. The number of nitrogens with one attached hydrogen (secondary N) is 1. The molecule has 1 aromatic carbocycles. The van der Waals surface area contributed by atoms with Crippen molar-refractivity contribution in [3.8, 4) is 0 Å². The van der Waals surface area contributed by atoms with Crippen molar-refractivity contribution in [2.45, 2.75) is 51.7 Å². The quantitative estimate of drug-likeness (QED) is 0.773. The van der Waals surface area contributed by atoms with Gasteiger partial charge in [0.1, 0.15) is 0 Å². The molecule has 0 spiro atoms. The summed E-state index contributed by atoms with van der Waals surface area (Å²) in [7, 11) is 0. The molecule has 2 aromatic rings. The van der Waals surface area contributed by atoms with Crippen molar-refractivity contribution in [2.24, 2.45) is 0 Å². The molecule has 21 heavy (non-hydrogen) atoms. The highest BCUT2D eigenvalue weighted by atomic mass is 32.1. The van der Waals surface area contributed by atoms with Crippen molar-refractivity contribution in [3.63, 3.8) is 0 Å². The fourth-order valence-electron chi connectivity index (χ4n) is 3.26. The normalized spacial score (nSPS) is 17.6. The summed E-state index contributed by atoms with van der Waals surface area (Å²) in [6, 6.07) is 9.08.